The number of hydrogen-bond acceptors (Lipinski definition) is 3. The molecular formula is C14H26N2O2. The summed E-state index contributed by atoms with van der Waals surface area (Å²) in [5, 5.41) is 0. The van der Waals surface area contributed by atoms with Crippen molar-refractivity contribution in [2.24, 2.45) is 11.7 Å². The number of carbonyl (C=O) groups is 1. The van der Waals surface area contributed by atoms with Gasteiger partial charge in [-0.25, -0.2) is 0 Å². The Morgan fingerprint density at radius 3 is 2.78 bits per heavy atom. The van der Waals surface area contributed by atoms with Crippen LogP contribution in [-0.4, -0.2) is 43.2 Å². The lowest BCUT2D eigenvalue weighted by molar-refractivity contribution is -0.131. The third-order valence-electron chi connectivity index (χ3n) is 4.39. The fourth-order valence-corrected chi connectivity index (χ4v) is 3.28. The Morgan fingerprint density at radius 1 is 1.39 bits per heavy atom. The molecule has 1 saturated carbocycles. The number of rotatable bonds is 4. The zero-order valence-corrected chi connectivity index (χ0v) is 11.5. The number of likely N-dealkylation sites (tertiary alicyclic amines) is 1. The minimum Gasteiger partial charge on any atom is -0.384 e. The Kier molecular flexibility index (Phi) is 4.62. The summed E-state index contributed by atoms with van der Waals surface area (Å²) in [6, 6.07) is 0. The molecule has 1 saturated heterocycles. The SMILES string of the molecule is COCC1CCN(C(=O)CC2(N)CCCCC2)C1. The number of ether oxygens (including phenoxy) is 1. The van der Waals surface area contributed by atoms with E-state index in [4.69, 9.17) is 10.5 Å². The van der Waals surface area contributed by atoms with Gasteiger partial charge in [-0.3, -0.25) is 4.79 Å². The quantitative estimate of drug-likeness (QED) is 0.828. The fraction of sp³-hybridized carbons (Fsp3) is 0.929. The zero-order chi connectivity index (χ0) is 13.0. The van der Waals surface area contributed by atoms with Crippen molar-refractivity contribution in [3.63, 3.8) is 0 Å². The fourth-order valence-electron chi connectivity index (χ4n) is 3.28. The maximum absolute atomic E-state index is 12.3. The minimum absolute atomic E-state index is 0.228. The summed E-state index contributed by atoms with van der Waals surface area (Å²) in [6.07, 6.45) is 7.24. The summed E-state index contributed by atoms with van der Waals surface area (Å²) < 4.78 is 5.16. The van der Waals surface area contributed by atoms with Gasteiger partial charge < -0.3 is 15.4 Å². The molecule has 1 atom stereocenters. The van der Waals surface area contributed by atoms with Gasteiger partial charge in [0, 0.05) is 38.1 Å². The first kappa shape index (κ1) is 13.8. The van der Waals surface area contributed by atoms with E-state index in [1.54, 1.807) is 7.11 Å². The second-order valence-electron chi connectivity index (χ2n) is 6.05. The highest BCUT2D eigenvalue weighted by Gasteiger charge is 2.34. The lowest BCUT2D eigenvalue weighted by Crippen LogP contribution is -2.46. The smallest absolute Gasteiger partial charge is 0.224 e. The molecule has 18 heavy (non-hydrogen) atoms. The van der Waals surface area contributed by atoms with E-state index in [9.17, 15) is 4.79 Å². The van der Waals surface area contributed by atoms with Crippen molar-refractivity contribution in [3.8, 4) is 0 Å². The van der Waals surface area contributed by atoms with E-state index in [1.807, 2.05) is 4.90 Å². The highest BCUT2D eigenvalue weighted by Crippen LogP contribution is 2.30. The molecule has 2 aliphatic rings. The molecule has 104 valence electrons. The lowest BCUT2D eigenvalue weighted by atomic mass is 9.80. The normalized spacial score (nSPS) is 27.4. The Hall–Kier alpha value is -0.610. The van der Waals surface area contributed by atoms with Crippen LogP contribution in [0.4, 0.5) is 0 Å². The molecule has 4 nitrogen and oxygen atoms in total. The molecule has 2 N–H and O–H groups in total. The van der Waals surface area contributed by atoms with Gasteiger partial charge in [-0.05, 0) is 19.3 Å². The van der Waals surface area contributed by atoms with Gasteiger partial charge in [0.2, 0.25) is 5.91 Å². The van der Waals surface area contributed by atoms with Crippen molar-refractivity contribution in [2.75, 3.05) is 26.8 Å². The molecule has 2 fully saturated rings. The summed E-state index contributed by atoms with van der Waals surface area (Å²) in [7, 11) is 1.72. The second-order valence-corrected chi connectivity index (χ2v) is 6.05. The highest BCUT2D eigenvalue weighted by molar-refractivity contribution is 5.77. The molecule has 1 unspecified atom stereocenters. The van der Waals surface area contributed by atoms with Crippen molar-refractivity contribution in [3.05, 3.63) is 0 Å². The Labute approximate surface area is 110 Å². The standard InChI is InChI=1S/C14H26N2O2/c1-18-11-12-5-8-16(10-12)13(17)9-14(15)6-3-2-4-7-14/h12H,2-11,15H2,1H3. The number of nitrogens with two attached hydrogens (primary N) is 1. The van der Waals surface area contributed by atoms with Gasteiger partial charge in [-0.2, -0.15) is 0 Å². The first-order chi connectivity index (χ1) is 8.63. The summed E-state index contributed by atoms with van der Waals surface area (Å²) in [6.45, 7) is 2.49. The lowest BCUT2D eigenvalue weighted by Gasteiger charge is -2.34. The number of hydrogen-bond donors (Lipinski definition) is 1. The van der Waals surface area contributed by atoms with Crippen molar-refractivity contribution in [2.45, 2.75) is 50.5 Å². The van der Waals surface area contributed by atoms with Crippen LogP contribution in [0.15, 0.2) is 0 Å². The maximum atomic E-state index is 12.3. The molecule has 1 aliphatic heterocycles. The van der Waals surface area contributed by atoms with Crippen molar-refractivity contribution < 1.29 is 9.53 Å². The van der Waals surface area contributed by atoms with Gasteiger partial charge in [0.05, 0.1) is 6.61 Å². The molecule has 0 aromatic heterocycles. The first-order valence-electron chi connectivity index (χ1n) is 7.18. The van der Waals surface area contributed by atoms with E-state index in [1.165, 1.54) is 19.3 Å². The van der Waals surface area contributed by atoms with Gasteiger partial charge in [-0.1, -0.05) is 19.3 Å². The topological polar surface area (TPSA) is 55.6 Å². The van der Waals surface area contributed by atoms with E-state index < -0.39 is 0 Å². The van der Waals surface area contributed by atoms with E-state index in [0.717, 1.165) is 39.0 Å². The highest BCUT2D eigenvalue weighted by atomic mass is 16.5. The predicted octanol–water partition coefficient (Wildman–Crippen LogP) is 1.53. The largest absolute Gasteiger partial charge is 0.384 e. The molecule has 0 aromatic rings. The van der Waals surface area contributed by atoms with E-state index >= 15 is 0 Å². The summed E-state index contributed by atoms with van der Waals surface area (Å²) in [5.74, 6) is 0.761. The van der Waals surface area contributed by atoms with Crippen LogP contribution in [0, 0.1) is 5.92 Å². The van der Waals surface area contributed by atoms with Crippen molar-refractivity contribution >= 4 is 5.91 Å². The predicted molar refractivity (Wildman–Crippen MR) is 71.2 cm³/mol. The van der Waals surface area contributed by atoms with Crippen LogP contribution >= 0.6 is 0 Å². The van der Waals surface area contributed by atoms with Gasteiger partial charge in [0.1, 0.15) is 0 Å². The van der Waals surface area contributed by atoms with Crippen LogP contribution in [0.1, 0.15) is 44.9 Å². The summed E-state index contributed by atoms with van der Waals surface area (Å²) >= 11 is 0. The maximum Gasteiger partial charge on any atom is 0.224 e. The van der Waals surface area contributed by atoms with Crippen molar-refractivity contribution in [1.29, 1.82) is 0 Å². The first-order valence-corrected chi connectivity index (χ1v) is 7.18. The van der Waals surface area contributed by atoms with E-state index in [0.29, 0.717) is 12.3 Å². The third kappa shape index (κ3) is 3.45. The van der Waals surface area contributed by atoms with E-state index in [-0.39, 0.29) is 11.4 Å². The average molecular weight is 254 g/mol. The molecular weight excluding hydrogens is 228 g/mol. The molecule has 1 amide bonds. The summed E-state index contributed by atoms with van der Waals surface area (Å²) in [5.41, 5.74) is 6.12. The monoisotopic (exact) mass is 254 g/mol. The van der Waals surface area contributed by atoms with Crippen LogP contribution in [0.5, 0.6) is 0 Å². The molecule has 0 bridgehead atoms. The second kappa shape index (κ2) is 6.02. The molecule has 4 heteroatoms. The van der Waals surface area contributed by atoms with Gasteiger partial charge >= 0.3 is 0 Å². The van der Waals surface area contributed by atoms with Crippen LogP contribution in [0.2, 0.25) is 0 Å². The van der Waals surface area contributed by atoms with Crippen LogP contribution in [-0.2, 0) is 9.53 Å². The van der Waals surface area contributed by atoms with E-state index in [2.05, 4.69) is 0 Å². The van der Waals surface area contributed by atoms with Gasteiger partial charge in [0.25, 0.3) is 0 Å². The van der Waals surface area contributed by atoms with Crippen LogP contribution < -0.4 is 5.73 Å². The molecule has 1 heterocycles. The van der Waals surface area contributed by atoms with Gasteiger partial charge in [0.15, 0.2) is 0 Å². The number of methoxy groups -OCH3 is 1. The Balaban J connectivity index is 1.81. The molecule has 0 radical (unpaired) electrons. The third-order valence-corrected chi connectivity index (χ3v) is 4.39. The number of amides is 1. The summed E-state index contributed by atoms with van der Waals surface area (Å²) in [4.78, 5) is 14.3. The Bertz CT molecular complexity index is 288. The van der Waals surface area contributed by atoms with Crippen molar-refractivity contribution in [1.82, 2.24) is 4.90 Å². The number of carbonyl (C=O) groups excluding carboxylic acids is 1. The zero-order valence-electron chi connectivity index (χ0n) is 11.5. The van der Waals surface area contributed by atoms with Crippen LogP contribution in [0.3, 0.4) is 0 Å². The molecule has 0 spiro atoms. The molecule has 0 aromatic carbocycles. The Morgan fingerprint density at radius 2 is 2.11 bits per heavy atom. The van der Waals surface area contributed by atoms with Gasteiger partial charge in [-0.15, -0.1) is 0 Å². The molecule has 2 rings (SSSR count). The molecule has 1 aliphatic carbocycles. The number of nitrogens with zero attached hydrogens (tertiary/aromatic N) is 1. The average Bonchev–Trinajstić information content (AvgIpc) is 2.78. The minimum atomic E-state index is -0.228. The van der Waals surface area contributed by atoms with Crippen LogP contribution in [0.25, 0.3) is 0 Å².